The molecule has 14 heavy (non-hydrogen) atoms. The summed E-state index contributed by atoms with van der Waals surface area (Å²) < 4.78 is 16.3. The molecule has 0 bridgehead atoms. The molecule has 2 nitrogen and oxygen atoms in total. The molecule has 1 aromatic rings. The van der Waals surface area contributed by atoms with E-state index in [-0.39, 0.29) is 4.75 Å². The van der Waals surface area contributed by atoms with Crippen molar-refractivity contribution in [3.8, 4) is 0 Å². The van der Waals surface area contributed by atoms with Crippen LogP contribution in [-0.2, 0) is 11.0 Å². The maximum atomic E-state index is 11.5. The smallest absolute Gasteiger partial charge is 0.144 e. The molecule has 1 aromatic heterocycles. The van der Waals surface area contributed by atoms with Gasteiger partial charge in [-0.1, -0.05) is 0 Å². The maximum Gasteiger partial charge on any atom is 0.144 e. The molecule has 1 atom stereocenters. The van der Waals surface area contributed by atoms with Gasteiger partial charge in [-0.15, -0.1) is 11.3 Å². The maximum absolute atomic E-state index is 11.5. The molecule has 1 heterocycles. The highest BCUT2D eigenvalue weighted by molar-refractivity contribution is 9.11. The number of rotatable bonds is 2. The van der Waals surface area contributed by atoms with Crippen molar-refractivity contribution in [3.05, 3.63) is 20.8 Å². The van der Waals surface area contributed by atoms with Crippen LogP contribution in [0.4, 0.5) is 0 Å². The second-order valence-corrected chi connectivity index (χ2v) is 8.00. The molecule has 0 amide bonds. The lowest BCUT2D eigenvalue weighted by Crippen LogP contribution is -2.19. The largest absolute Gasteiger partial charge is 0.234 e. The van der Waals surface area contributed by atoms with Gasteiger partial charge in [-0.05, 0) is 42.8 Å². The molecule has 0 saturated carbocycles. The fourth-order valence-corrected chi connectivity index (χ4v) is 2.32. The average Bonchev–Trinajstić information content (AvgIpc) is 2.45. The Morgan fingerprint density at radius 2 is 2.21 bits per heavy atom. The zero-order valence-electron chi connectivity index (χ0n) is 8.28. The molecule has 0 radical (unpaired) electrons. The monoisotopic (exact) mass is 293 g/mol. The molecular weight excluding hydrogens is 282 g/mol. The standard InChI is InChI=1S/C9H12BrNOS2/c1-9(2,3)14(12)11-5-7-4-8(10)13-6-7/h4-6H,1-3H3/b11-5+/t14-/m1/s1. The number of halogens is 1. The molecule has 0 aliphatic heterocycles. The van der Waals surface area contributed by atoms with Crippen molar-refractivity contribution in [3.63, 3.8) is 0 Å². The minimum atomic E-state index is -1.17. The Labute approximate surface area is 99.2 Å². The van der Waals surface area contributed by atoms with Gasteiger partial charge in [0.05, 0.1) is 8.53 Å². The van der Waals surface area contributed by atoms with Crippen LogP contribution in [0, 0.1) is 0 Å². The van der Waals surface area contributed by atoms with Crippen LogP contribution in [0.15, 0.2) is 19.6 Å². The van der Waals surface area contributed by atoms with Gasteiger partial charge in [0, 0.05) is 17.2 Å². The minimum Gasteiger partial charge on any atom is -0.234 e. The first-order valence-electron chi connectivity index (χ1n) is 4.10. The van der Waals surface area contributed by atoms with Gasteiger partial charge in [-0.2, -0.15) is 4.40 Å². The summed E-state index contributed by atoms with van der Waals surface area (Å²) in [4.78, 5) is 0. The highest BCUT2D eigenvalue weighted by Crippen LogP contribution is 2.20. The van der Waals surface area contributed by atoms with Gasteiger partial charge in [-0.3, -0.25) is 0 Å². The van der Waals surface area contributed by atoms with Crippen molar-refractivity contribution in [2.45, 2.75) is 25.5 Å². The van der Waals surface area contributed by atoms with Crippen LogP contribution in [0.2, 0.25) is 0 Å². The second kappa shape index (κ2) is 4.68. The summed E-state index contributed by atoms with van der Waals surface area (Å²) >= 11 is 4.95. The van der Waals surface area contributed by atoms with E-state index in [0.29, 0.717) is 0 Å². The summed E-state index contributed by atoms with van der Waals surface area (Å²) in [6.07, 6.45) is 1.66. The molecule has 0 aliphatic rings. The minimum absolute atomic E-state index is 0.288. The lowest BCUT2D eigenvalue weighted by atomic mass is 10.3. The van der Waals surface area contributed by atoms with Crippen LogP contribution in [0.5, 0.6) is 0 Å². The molecule has 0 aromatic carbocycles. The van der Waals surface area contributed by atoms with Crippen LogP contribution in [-0.4, -0.2) is 15.2 Å². The fraction of sp³-hybridized carbons (Fsp3) is 0.444. The Kier molecular flexibility index (Phi) is 4.04. The Morgan fingerprint density at radius 3 is 2.64 bits per heavy atom. The van der Waals surface area contributed by atoms with Crippen LogP contribution >= 0.6 is 27.3 Å². The van der Waals surface area contributed by atoms with Gasteiger partial charge in [0.2, 0.25) is 0 Å². The Morgan fingerprint density at radius 1 is 1.57 bits per heavy atom. The lowest BCUT2D eigenvalue weighted by Gasteiger charge is -2.12. The van der Waals surface area contributed by atoms with Crippen LogP contribution in [0.1, 0.15) is 26.3 Å². The van der Waals surface area contributed by atoms with E-state index >= 15 is 0 Å². The molecule has 0 fully saturated rings. The second-order valence-electron chi connectivity index (χ2n) is 3.78. The summed E-state index contributed by atoms with van der Waals surface area (Å²) in [6, 6.07) is 1.95. The van der Waals surface area contributed by atoms with Crippen molar-refractivity contribution in [1.29, 1.82) is 0 Å². The highest BCUT2D eigenvalue weighted by Gasteiger charge is 2.18. The van der Waals surface area contributed by atoms with E-state index in [1.807, 2.05) is 32.2 Å². The van der Waals surface area contributed by atoms with E-state index in [9.17, 15) is 4.21 Å². The van der Waals surface area contributed by atoms with Gasteiger partial charge in [0.25, 0.3) is 0 Å². The van der Waals surface area contributed by atoms with E-state index in [2.05, 4.69) is 20.3 Å². The number of thiophene rings is 1. The Bertz CT molecular complexity index is 365. The Balaban J connectivity index is 2.70. The first kappa shape index (κ1) is 12.1. The summed E-state index contributed by atoms with van der Waals surface area (Å²) in [7, 11) is -1.17. The number of hydrogen-bond acceptors (Lipinski definition) is 2. The third kappa shape index (κ3) is 3.63. The molecule has 1 rings (SSSR count). The first-order valence-corrected chi connectivity index (χ1v) is 6.87. The normalized spacial score (nSPS) is 14.9. The molecular formula is C9H12BrNOS2. The van der Waals surface area contributed by atoms with Gasteiger partial charge < -0.3 is 0 Å². The van der Waals surface area contributed by atoms with E-state index in [4.69, 9.17) is 0 Å². The van der Waals surface area contributed by atoms with Gasteiger partial charge in [0.15, 0.2) is 0 Å². The zero-order chi connectivity index (χ0) is 10.8. The zero-order valence-corrected chi connectivity index (χ0v) is 11.5. The highest BCUT2D eigenvalue weighted by atomic mass is 79.9. The molecule has 0 saturated heterocycles. The summed E-state index contributed by atoms with van der Waals surface area (Å²) in [5.41, 5.74) is 0.986. The summed E-state index contributed by atoms with van der Waals surface area (Å²) in [5.74, 6) is 0. The number of nitrogens with zero attached hydrogens (tertiary/aromatic N) is 1. The number of hydrogen-bond donors (Lipinski definition) is 0. The van der Waals surface area contributed by atoms with Crippen molar-refractivity contribution in [1.82, 2.24) is 0 Å². The van der Waals surface area contributed by atoms with Crippen molar-refractivity contribution < 1.29 is 4.21 Å². The van der Waals surface area contributed by atoms with Crippen molar-refractivity contribution in [2.24, 2.45) is 4.40 Å². The summed E-state index contributed by atoms with van der Waals surface area (Å²) in [6.45, 7) is 5.72. The van der Waals surface area contributed by atoms with Gasteiger partial charge in [0.1, 0.15) is 11.0 Å². The van der Waals surface area contributed by atoms with E-state index in [1.165, 1.54) is 0 Å². The van der Waals surface area contributed by atoms with Crippen molar-refractivity contribution in [2.75, 3.05) is 0 Å². The SMILES string of the molecule is CC(C)(C)[S@@](=O)/N=C/c1csc(Br)c1. The van der Waals surface area contributed by atoms with E-state index in [0.717, 1.165) is 9.35 Å². The first-order chi connectivity index (χ1) is 6.39. The quantitative estimate of drug-likeness (QED) is 0.769. The fourth-order valence-electron chi connectivity index (χ4n) is 0.658. The predicted molar refractivity (Wildman–Crippen MR) is 67.5 cm³/mol. The molecule has 0 aliphatic carbocycles. The van der Waals surface area contributed by atoms with Crippen molar-refractivity contribution >= 4 is 44.5 Å². The molecule has 0 N–H and O–H groups in total. The van der Waals surface area contributed by atoms with Gasteiger partial charge in [-0.25, -0.2) is 4.21 Å². The third-order valence-electron chi connectivity index (χ3n) is 1.41. The third-order valence-corrected chi connectivity index (χ3v) is 4.28. The summed E-state index contributed by atoms with van der Waals surface area (Å²) in [5, 5.41) is 1.97. The topological polar surface area (TPSA) is 29.4 Å². The average molecular weight is 294 g/mol. The lowest BCUT2D eigenvalue weighted by molar-refractivity contribution is 0.651. The van der Waals surface area contributed by atoms with Crippen LogP contribution in [0.25, 0.3) is 0 Å². The van der Waals surface area contributed by atoms with Crippen LogP contribution < -0.4 is 0 Å². The Hall–Kier alpha value is -0.000000000000000111. The molecule has 5 heteroatoms. The molecule has 0 spiro atoms. The molecule has 78 valence electrons. The predicted octanol–water partition coefficient (Wildman–Crippen LogP) is 3.39. The van der Waals surface area contributed by atoms with Crippen LogP contribution in [0.3, 0.4) is 0 Å². The van der Waals surface area contributed by atoms with Gasteiger partial charge >= 0.3 is 0 Å². The van der Waals surface area contributed by atoms with E-state index in [1.54, 1.807) is 17.6 Å². The molecule has 0 unspecified atom stereocenters. The van der Waals surface area contributed by atoms with E-state index < -0.39 is 11.0 Å².